The summed E-state index contributed by atoms with van der Waals surface area (Å²) in [6.45, 7) is 7.44. The van der Waals surface area contributed by atoms with Gasteiger partial charge in [0, 0.05) is 29.4 Å². The molecule has 1 N–H and O–H groups in total. The van der Waals surface area contributed by atoms with Crippen molar-refractivity contribution in [3.8, 4) is 0 Å². The molecule has 0 bridgehead atoms. The van der Waals surface area contributed by atoms with Crippen LogP contribution in [-0.4, -0.2) is 47.8 Å². The molecule has 2 aromatic rings. The molecule has 0 unspecified atom stereocenters. The van der Waals surface area contributed by atoms with E-state index in [1.807, 2.05) is 44.2 Å². The summed E-state index contributed by atoms with van der Waals surface area (Å²) in [4.78, 5) is 29.4. The van der Waals surface area contributed by atoms with E-state index >= 15 is 0 Å². The van der Waals surface area contributed by atoms with Crippen LogP contribution in [0.4, 0.5) is 5.69 Å². The Balaban J connectivity index is 1.59. The number of likely N-dealkylation sites (tertiary alicyclic amines) is 1. The van der Waals surface area contributed by atoms with Crippen molar-refractivity contribution in [2.75, 3.05) is 31.5 Å². The number of benzene rings is 2. The predicted octanol–water partition coefficient (Wildman–Crippen LogP) is 4.74. The molecule has 0 spiro atoms. The van der Waals surface area contributed by atoms with Crippen molar-refractivity contribution in [2.45, 2.75) is 39.7 Å². The number of anilines is 1. The molecule has 6 heteroatoms. The Morgan fingerprint density at radius 1 is 1.07 bits per heavy atom. The van der Waals surface area contributed by atoms with Gasteiger partial charge in [0.15, 0.2) is 0 Å². The van der Waals surface area contributed by atoms with Crippen molar-refractivity contribution in [3.63, 3.8) is 0 Å². The van der Waals surface area contributed by atoms with Crippen molar-refractivity contribution in [3.05, 3.63) is 64.2 Å². The highest BCUT2D eigenvalue weighted by molar-refractivity contribution is 6.31. The number of piperidine rings is 1. The Morgan fingerprint density at radius 2 is 1.77 bits per heavy atom. The number of aryl methyl sites for hydroxylation is 1. The number of carbonyl (C=O) groups excluding carboxylic acids is 2. The van der Waals surface area contributed by atoms with E-state index in [9.17, 15) is 9.59 Å². The zero-order valence-electron chi connectivity index (χ0n) is 17.8. The van der Waals surface area contributed by atoms with Crippen molar-refractivity contribution < 1.29 is 9.59 Å². The molecule has 1 aliphatic rings. The van der Waals surface area contributed by atoms with Gasteiger partial charge in [-0.2, -0.15) is 0 Å². The molecule has 0 aromatic heterocycles. The zero-order chi connectivity index (χ0) is 21.5. The summed E-state index contributed by atoms with van der Waals surface area (Å²) in [5, 5.41) is 3.41. The fourth-order valence-corrected chi connectivity index (χ4v) is 3.90. The van der Waals surface area contributed by atoms with Crippen molar-refractivity contribution in [2.24, 2.45) is 0 Å². The Bertz CT molecular complexity index is 877. The minimum atomic E-state index is -0.239. The van der Waals surface area contributed by atoms with E-state index in [0.29, 0.717) is 22.8 Å². The maximum Gasteiger partial charge on any atom is 0.254 e. The van der Waals surface area contributed by atoms with Gasteiger partial charge < -0.3 is 10.2 Å². The Morgan fingerprint density at radius 3 is 2.43 bits per heavy atom. The van der Waals surface area contributed by atoms with Crippen LogP contribution >= 0.6 is 11.6 Å². The smallest absolute Gasteiger partial charge is 0.254 e. The zero-order valence-corrected chi connectivity index (χ0v) is 18.5. The number of nitrogens with one attached hydrogen (secondary N) is 1. The quantitative estimate of drug-likeness (QED) is 0.694. The monoisotopic (exact) mass is 427 g/mol. The third-order valence-electron chi connectivity index (χ3n) is 5.53. The van der Waals surface area contributed by atoms with Gasteiger partial charge in [-0.3, -0.25) is 14.5 Å². The molecule has 5 nitrogen and oxygen atoms in total. The Labute approximate surface area is 184 Å². The van der Waals surface area contributed by atoms with Gasteiger partial charge in [0.2, 0.25) is 5.91 Å². The molecule has 2 amide bonds. The number of rotatable bonds is 7. The van der Waals surface area contributed by atoms with E-state index in [1.54, 1.807) is 17.0 Å². The van der Waals surface area contributed by atoms with Gasteiger partial charge >= 0.3 is 0 Å². The Kier molecular flexibility index (Phi) is 7.88. The fraction of sp³-hybridized carbons (Fsp3) is 0.417. The first-order valence-electron chi connectivity index (χ1n) is 10.6. The van der Waals surface area contributed by atoms with Crippen LogP contribution in [-0.2, 0) is 11.3 Å². The predicted molar refractivity (Wildman–Crippen MR) is 122 cm³/mol. The van der Waals surface area contributed by atoms with Gasteiger partial charge in [0.1, 0.15) is 6.54 Å². The molecule has 2 aromatic carbocycles. The molecule has 160 valence electrons. The molecule has 0 saturated carbocycles. The molecule has 0 aliphatic carbocycles. The average molecular weight is 428 g/mol. The van der Waals surface area contributed by atoms with E-state index in [1.165, 1.54) is 24.8 Å². The molecule has 1 fully saturated rings. The molecule has 30 heavy (non-hydrogen) atoms. The summed E-state index contributed by atoms with van der Waals surface area (Å²) in [5.74, 6) is -0.378. The Hall–Kier alpha value is -2.37. The SMILES string of the molecule is CCN(CC(=O)Nc1cc(Cl)ccc1C)C(=O)c1ccc(CN2CCCCC2)cc1. The number of amides is 2. The highest BCUT2D eigenvalue weighted by Gasteiger charge is 2.18. The molecule has 1 saturated heterocycles. The number of hydrogen-bond acceptors (Lipinski definition) is 3. The van der Waals surface area contributed by atoms with Crippen LogP contribution in [0.25, 0.3) is 0 Å². The first kappa shape index (κ1) is 22.3. The van der Waals surface area contributed by atoms with Gasteiger partial charge in [-0.25, -0.2) is 0 Å². The second-order valence-electron chi connectivity index (χ2n) is 7.86. The van der Waals surface area contributed by atoms with Gasteiger partial charge in [0.05, 0.1) is 0 Å². The van der Waals surface area contributed by atoms with Crippen LogP contribution in [0.5, 0.6) is 0 Å². The summed E-state index contributed by atoms with van der Waals surface area (Å²) in [6, 6.07) is 13.1. The summed E-state index contributed by atoms with van der Waals surface area (Å²) >= 11 is 6.02. The van der Waals surface area contributed by atoms with Crippen molar-refractivity contribution in [1.29, 1.82) is 0 Å². The minimum Gasteiger partial charge on any atom is -0.330 e. The minimum absolute atomic E-state index is 0.00316. The van der Waals surface area contributed by atoms with Crippen molar-refractivity contribution in [1.82, 2.24) is 9.80 Å². The maximum atomic E-state index is 12.9. The largest absolute Gasteiger partial charge is 0.330 e. The average Bonchev–Trinajstić information content (AvgIpc) is 2.75. The van der Waals surface area contributed by atoms with Gasteiger partial charge in [-0.1, -0.05) is 36.2 Å². The summed E-state index contributed by atoms with van der Waals surface area (Å²) in [5.41, 5.74) is 3.40. The van der Waals surface area contributed by atoms with Crippen LogP contribution in [0.1, 0.15) is 47.7 Å². The lowest BCUT2D eigenvalue weighted by Gasteiger charge is -2.26. The lowest BCUT2D eigenvalue weighted by Crippen LogP contribution is -2.38. The first-order valence-corrected chi connectivity index (χ1v) is 11.0. The molecular formula is C24H30ClN3O2. The summed E-state index contributed by atoms with van der Waals surface area (Å²) in [7, 11) is 0. The number of hydrogen-bond donors (Lipinski definition) is 1. The van der Waals surface area contributed by atoms with E-state index in [0.717, 1.165) is 25.2 Å². The molecular weight excluding hydrogens is 398 g/mol. The molecule has 3 rings (SSSR count). The topological polar surface area (TPSA) is 52.7 Å². The second kappa shape index (κ2) is 10.6. The van der Waals surface area contributed by atoms with Gasteiger partial charge in [-0.05, 0) is 75.2 Å². The highest BCUT2D eigenvalue weighted by Crippen LogP contribution is 2.20. The van der Waals surface area contributed by atoms with Crippen LogP contribution in [0.2, 0.25) is 5.02 Å². The third-order valence-corrected chi connectivity index (χ3v) is 5.77. The van der Waals surface area contributed by atoms with Crippen LogP contribution in [0.3, 0.4) is 0 Å². The lowest BCUT2D eigenvalue weighted by molar-refractivity contribution is -0.116. The van der Waals surface area contributed by atoms with Crippen molar-refractivity contribution >= 4 is 29.1 Å². The number of nitrogens with zero attached hydrogens (tertiary/aromatic N) is 2. The molecule has 0 atom stereocenters. The van der Waals surface area contributed by atoms with Crippen LogP contribution in [0, 0.1) is 6.92 Å². The molecule has 1 aliphatic heterocycles. The van der Waals surface area contributed by atoms with E-state index in [2.05, 4.69) is 10.2 Å². The fourth-order valence-electron chi connectivity index (χ4n) is 3.73. The second-order valence-corrected chi connectivity index (χ2v) is 8.30. The van der Waals surface area contributed by atoms with E-state index in [4.69, 9.17) is 11.6 Å². The highest BCUT2D eigenvalue weighted by atomic mass is 35.5. The van der Waals surface area contributed by atoms with Crippen LogP contribution < -0.4 is 5.32 Å². The third kappa shape index (κ3) is 6.07. The lowest BCUT2D eigenvalue weighted by atomic mass is 10.1. The number of likely N-dealkylation sites (N-methyl/N-ethyl adjacent to an activating group) is 1. The normalized spacial score (nSPS) is 14.4. The molecule has 1 heterocycles. The van der Waals surface area contributed by atoms with E-state index < -0.39 is 0 Å². The maximum absolute atomic E-state index is 12.9. The van der Waals surface area contributed by atoms with Crippen LogP contribution in [0.15, 0.2) is 42.5 Å². The van der Waals surface area contributed by atoms with Gasteiger partial charge in [0.25, 0.3) is 5.91 Å². The first-order chi connectivity index (χ1) is 14.5. The number of carbonyl (C=O) groups is 2. The summed E-state index contributed by atoms with van der Waals surface area (Å²) in [6.07, 6.45) is 3.85. The van der Waals surface area contributed by atoms with Gasteiger partial charge in [-0.15, -0.1) is 0 Å². The van der Waals surface area contributed by atoms with E-state index in [-0.39, 0.29) is 18.4 Å². The standard InChI is InChI=1S/C24H30ClN3O2/c1-3-28(17-23(29)26-22-15-21(25)12-7-18(22)2)24(30)20-10-8-19(9-11-20)16-27-13-5-4-6-14-27/h7-12,15H,3-6,13-14,16-17H2,1-2H3,(H,26,29). The summed E-state index contributed by atoms with van der Waals surface area (Å²) < 4.78 is 0. The molecule has 0 radical (unpaired) electrons. The number of halogens is 1.